The molecule has 2 heterocycles. The minimum atomic E-state index is 0.694. The molecule has 11 aromatic rings. The van der Waals surface area contributed by atoms with Gasteiger partial charge >= 0.3 is 0 Å². The van der Waals surface area contributed by atoms with Gasteiger partial charge in [-0.1, -0.05) is 247 Å². The van der Waals surface area contributed by atoms with E-state index in [9.17, 15) is 0 Å². The zero-order chi connectivity index (χ0) is 53.2. The molecule has 2 aromatic heterocycles. The van der Waals surface area contributed by atoms with E-state index < -0.39 is 0 Å². The normalized spacial score (nSPS) is 11.5. The molecule has 0 bridgehead atoms. The van der Waals surface area contributed by atoms with Crippen LogP contribution in [-0.2, 0) is 12.8 Å². The van der Waals surface area contributed by atoms with Crippen LogP contribution in [0.1, 0.15) is 113 Å². The Hall–Kier alpha value is -8.08. The van der Waals surface area contributed by atoms with Crippen LogP contribution in [0.4, 0.5) is 0 Å². The monoisotopic (exact) mass is 1020 g/mol. The topological polar surface area (TPSA) is 51.6 Å². The van der Waals surface area contributed by atoms with Gasteiger partial charge in [-0.05, 0) is 130 Å². The van der Waals surface area contributed by atoms with Gasteiger partial charge in [0.05, 0.1) is 22.8 Å². The van der Waals surface area contributed by atoms with Crippen molar-refractivity contribution >= 4 is 32.3 Å². The molecule has 9 aromatic carbocycles. The predicted octanol–water partition coefficient (Wildman–Crippen LogP) is 20.8. The number of aryl methyl sites for hydroxylation is 4. The molecule has 4 heteroatoms. The highest BCUT2D eigenvalue weighted by Gasteiger charge is 2.19. The summed E-state index contributed by atoms with van der Waals surface area (Å²) in [7, 11) is 0. The van der Waals surface area contributed by atoms with Gasteiger partial charge in [0.25, 0.3) is 0 Å². The average Bonchev–Trinajstić information content (AvgIpc) is 3.50. The largest absolute Gasteiger partial charge is 0.228 e. The van der Waals surface area contributed by atoms with E-state index in [1.807, 2.05) is 6.07 Å². The summed E-state index contributed by atoms with van der Waals surface area (Å²) in [6.07, 6.45) is 17.4. The van der Waals surface area contributed by atoms with E-state index in [4.69, 9.17) is 19.9 Å². The Morgan fingerprint density at radius 2 is 0.731 bits per heavy atom. The molecule has 0 aliphatic rings. The molecule has 388 valence electrons. The Balaban J connectivity index is 1.03. The van der Waals surface area contributed by atoms with Gasteiger partial charge in [0.15, 0.2) is 11.6 Å². The summed E-state index contributed by atoms with van der Waals surface area (Å²) in [5.74, 6) is 1.43. The average molecular weight is 1020 g/mol. The Kier molecular flexibility index (Phi) is 16.3. The maximum absolute atomic E-state index is 5.62. The Morgan fingerprint density at radius 3 is 1.35 bits per heavy atom. The molecule has 4 nitrogen and oxygen atoms in total. The third-order valence-electron chi connectivity index (χ3n) is 15.9. The Morgan fingerprint density at radius 1 is 0.282 bits per heavy atom. The minimum absolute atomic E-state index is 0.694. The van der Waals surface area contributed by atoms with Gasteiger partial charge in [-0.2, -0.15) is 0 Å². The van der Waals surface area contributed by atoms with Crippen molar-refractivity contribution in [2.24, 2.45) is 0 Å². The molecule has 11 rings (SSSR count). The molecule has 78 heavy (non-hydrogen) atoms. The quantitative estimate of drug-likeness (QED) is 0.0532. The van der Waals surface area contributed by atoms with Gasteiger partial charge in [0, 0.05) is 33.4 Å². The fourth-order valence-corrected chi connectivity index (χ4v) is 11.5. The van der Waals surface area contributed by atoms with Crippen LogP contribution >= 0.6 is 0 Å². The van der Waals surface area contributed by atoms with Crippen LogP contribution in [0.2, 0.25) is 0 Å². The molecule has 0 aliphatic heterocycles. The number of benzene rings is 9. The maximum atomic E-state index is 5.62. The van der Waals surface area contributed by atoms with Crippen LogP contribution in [0, 0.1) is 13.8 Å². The number of rotatable bonds is 21. The van der Waals surface area contributed by atoms with E-state index >= 15 is 0 Å². The van der Waals surface area contributed by atoms with Gasteiger partial charge in [-0.25, -0.2) is 19.9 Å². The maximum Gasteiger partial charge on any atom is 0.160 e. The number of nitrogens with zero attached hydrogens (tertiary/aromatic N) is 4. The van der Waals surface area contributed by atoms with Crippen LogP contribution in [0.5, 0.6) is 0 Å². The molecule has 0 amide bonds. The van der Waals surface area contributed by atoms with Crippen LogP contribution in [0.25, 0.3) is 111 Å². The lowest BCUT2D eigenvalue weighted by molar-refractivity contribution is 0.605. The van der Waals surface area contributed by atoms with E-state index in [1.165, 1.54) is 143 Å². The summed E-state index contributed by atoms with van der Waals surface area (Å²) in [5, 5.41) is 7.47. The van der Waals surface area contributed by atoms with Crippen molar-refractivity contribution in [3.05, 3.63) is 216 Å². The van der Waals surface area contributed by atoms with Crippen LogP contribution in [0.3, 0.4) is 0 Å². The molecule has 0 radical (unpaired) electrons. The first-order chi connectivity index (χ1) is 38.4. The lowest BCUT2D eigenvalue weighted by atomic mass is 9.90. The van der Waals surface area contributed by atoms with Crippen molar-refractivity contribution in [2.75, 3.05) is 0 Å². The summed E-state index contributed by atoms with van der Waals surface area (Å²) in [6.45, 7) is 9.05. The summed E-state index contributed by atoms with van der Waals surface area (Å²) in [5.41, 5.74) is 17.7. The highest BCUT2D eigenvalue weighted by molar-refractivity contribution is 6.25. The summed E-state index contributed by atoms with van der Waals surface area (Å²) >= 11 is 0. The zero-order valence-electron chi connectivity index (χ0n) is 46.2. The second kappa shape index (κ2) is 24.5. The molecule has 0 atom stereocenters. The molecule has 0 N–H and O–H groups in total. The summed E-state index contributed by atoms with van der Waals surface area (Å²) < 4.78 is 0. The fraction of sp³-hybridized carbons (Fsp3) is 0.243. The predicted molar refractivity (Wildman–Crippen MR) is 332 cm³/mol. The second-order valence-corrected chi connectivity index (χ2v) is 21.6. The lowest BCUT2D eigenvalue weighted by Crippen LogP contribution is -2.02. The van der Waals surface area contributed by atoms with E-state index in [-0.39, 0.29) is 0 Å². The van der Waals surface area contributed by atoms with Crippen LogP contribution in [-0.4, -0.2) is 19.9 Å². The number of hydrogen-bond acceptors (Lipinski definition) is 4. The van der Waals surface area contributed by atoms with E-state index in [0.717, 1.165) is 74.8 Å². The number of aromatic nitrogens is 4. The van der Waals surface area contributed by atoms with Crippen molar-refractivity contribution in [3.8, 4) is 78.9 Å². The molecule has 0 saturated carbocycles. The van der Waals surface area contributed by atoms with Crippen molar-refractivity contribution in [1.82, 2.24) is 19.9 Å². The SMILES string of the molecule is CCCCCCCCc1cc(-c2cc(-c3ccc(-c4cc(-c5cccc(-c6ccc(C)cc6)c5)nc(-c5ccccc5)n4)cc3)nc(-c3ccc4c5ccccc5c5ccccc5c4c3)n2)c(CCCCCCCC)cc1C. The molecule has 0 saturated heterocycles. The van der Waals surface area contributed by atoms with Gasteiger partial charge < -0.3 is 0 Å². The smallest absolute Gasteiger partial charge is 0.160 e. The third-order valence-corrected chi connectivity index (χ3v) is 15.9. The van der Waals surface area contributed by atoms with Gasteiger partial charge in [0.2, 0.25) is 0 Å². The van der Waals surface area contributed by atoms with Crippen molar-refractivity contribution in [3.63, 3.8) is 0 Å². The first kappa shape index (κ1) is 52.0. The molecular formula is C74H72N4. The van der Waals surface area contributed by atoms with E-state index in [2.05, 4.69) is 216 Å². The number of fused-ring (bicyclic) bond motifs is 6. The number of hydrogen-bond donors (Lipinski definition) is 0. The third kappa shape index (κ3) is 11.7. The van der Waals surface area contributed by atoms with Crippen molar-refractivity contribution in [2.45, 2.75) is 118 Å². The molecule has 0 fully saturated rings. The first-order valence-electron chi connectivity index (χ1n) is 29.0. The first-order valence-corrected chi connectivity index (χ1v) is 29.0. The van der Waals surface area contributed by atoms with Gasteiger partial charge in [-0.15, -0.1) is 0 Å². The van der Waals surface area contributed by atoms with Crippen molar-refractivity contribution in [1.29, 1.82) is 0 Å². The lowest BCUT2D eigenvalue weighted by Gasteiger charge is -2.17. The molecule has 0 spiro atoms. The second-order valence-electron chi connectivity index (χ2n) is 21.6. The Labute approximate surface area is 462 Å². The fourth-order valence-electron chi connectivity index (χ4n) is 11.5. The van der Waals surface area contributed by atoms with Crippen molar-refractivity contribution < 1.29 is 0 Å². The summed E-state index contributed by atoms with van der Waals surface area (Å²) in [4.78, 5) is 21.6. The molecule has 0 aliphatic carbocycles. The molecule has 0 unspecified atom stereocenters. The highest BCUT2D eigenvalue weighted by Crippen LogP contribution is 2.39. The van der Waals surface area contributed by atoms with Crippen LogP contribution in [0.15, 0.2) is 194 Å². The Bertz CT molecular complexity index is 3800. The highest BCUT2D eigenvalue weighted by atomic mass is 14.9. The minimum Gasteiger partial charge on any atom is -0.228 e. The standard InChI is InChI=1S/C74H72N4/c1-5-7-9-11-13-16-27-57-47-67(59(45-52(57)4)28-17-14-12-10-8-6-2)72-50-70(76-74(78-72)61-43-44-66-64-33-21-20-31-62(64)63-32-22-23-34-65(63)68(66)48-61)55-41-39-54(40-42-55)69-49-71(77-73(75-69)56-25-18-15-19-26-56)60-30-24-29-58(46-60)53-37-35-51(3)36-38-53/h15,18-26,29-50H,5-14,16-17,27-28H2,1-4H3. The molecular weight excluding hydrogens is 945 g/mol. The van der Waals surface area contributed by atoms with Crippen LogP contribution < -0.4 is 0 Å². The van der Waals surface area contributed by atoms with E-state index in [1.54, 1.807) is 0 Å². The summed E-state index contributed by atoms with van der Waals surface area (Å²) in [6, 6.07) is 70.4. The van der Waals surface area contributed by atoms with Gasteiger partial charge in [-0.3, -0.25) is 0 Å². The number of unbranched alkanes of at least 4 members (excludes halogenated alkanes) is 10. The zero-order valence-corrected chi connectivity index (χ0v) is 46.2. The van der Waals surface area contributed by atoms with Gasteiger partial charge in [0.1, 0.15) is 0 Å². The van der Waals surface area contributed by atoms with E-state index in [0.29, 0.717) is 5.82 Å².